The van der Waals surface area contributed by atoms with Crippen LogP contribution < -0.4 is 5.32 Å². The summed E-state index contributed by atoms with van der Waals surface area (Å²) in [6.07, 6.45) is 1.57. The Bertz CT molecular complexity index is 1070. The Balaban J connectivity index is 1.76. The summed E-state index contributed by atoms with van der Waals surface area (Å²) in [5, 5.41) is 2.87. The highest BCUT2D eigenvalue weighted by Crippen LogP contribution is 2.18. The highest BCUT2D eigenvalue weighted by atomic mass is 32.1. The van der Waals surface area contributed by atoms with Gasteiger partial charge >= 0.3 is 0 Å². The minimum Gasteiger partial charge on any atom is -0.336 e. The number of aromatic amines is 1. The van der Waals surface area contributed by atoms with Crippen molar-refractivity contribution < 1.29 is 9.59 Å². The van der Waals surface area contributed by atoms with Crippen molar-refractivity contribution in [2.45, 2.75) is 13.8 Å². The van der Waals surface area contributed by atoms with E-state index in [1.165, 1.54) is 4.90 Å². The molecule has 0 bridgehead atoms. The third-order valence-electron chi connectivity index (χ3n) is 4.62. The number of para-hydroxylation sites is 1. The Hall–Kier alpha value is -3.19. The third kappa shape index (κ3) is 4.04. The van der Waals surface area contributed by atoms with Crippen molar-refractivity contribution >= 4 is 29.7 Å². The summed E-state index contributed by atoms with van der Waals surface area (Å²) in [7, 11) is 1.59. The normalized spacial score (nSPS) is 10.5. The van der Waals surface area contributed by atoms with Gasteiger partial charge in [0.15, 0.2) is 4.77 Å². The maximum absolute atomic E-state index is 12.9. The van der Waals surface area contributed by atoms with Gasteiger partial charge < -0.3 is 15.2 Å². The predicted molar refractivity (Wildman–Crippen MR) is 112 cm³/mol. The molecule has 2 N–H and O–H groups in total. The number of carbonyl (C=O) groups is 2. The minimum absolute atomic E-state index is 0.0705. The van der Waals surface area contributed by atoms with Gasteiger partial charge in [0.25, 0.3) is 5.91 Å². The molecule has 144 valence electrons. The van der Waals surface area contributed by atoms with E-state index in [0.29, 0.717) is 10.5 Å². The first-order valence-corrected chi connectivity index (χ1v) is 9.26. The van der Waals surface area contributed by atoms with Crippen LogP contribution in [0.25, 0.3) is 5.69 Å². The molecule has 1 heterocycles. The van der Waals surface area contributed by atoms with Crippen LogP contribution in [0.15, 0.2) is 54.7 Å². The van der Waals surface area contributed by atoms with Gasteiger partial charge in [0, 0.05) is 24.6 Å². The third-order valence-corrected chi connectivity index (χ3v) is 4.92. The molecule has 1 aromatic heterocycles. The van der Waals surface area contributed by atoms with Crippen molar-refractivity contribution in [2.24, 2.45) is 0 Å². The molecule has 6 nitrogen and oxygen atoms in total. The first kappa shape index (κ1) is 19.6. The fourth-order valence-corrected chi connectivity index (χ4v) is 3.18. The number of aryl methyl sites for hydroxylation is 1. The number of likely N-dealkylation sites (N-methyl/N-ethyl adjacent to an activating group) is 1. The zero-order valence-corrected chi connectivity index (χ0v) is 16.8. The van der Waals surface area contributed by atoms with E-state index in [9.17, 15) is 9.59 Å². The van der Waals surface area contributed by atoms with Crippen molar-refractivity contribution in [3.8, 4) is 5.69 Å². The van der Waals surface area contributed by atoms with Gasteiger partial charge in [0.1, 0.15) is 5.69 Å². The van der Waals surface area contributed by atoms with Crippen molar-refractivity contribution in [3.05, 3.63) is 76.3 Å². The molecule has 0 spiro atoms. The number of hydrogen-bond donors (Lipinski definition) is 2. The number of nitrogens with one attached hydrogen (secondary N) is 2. The van der Waals surface area contributed by atoms with Crippen LogP contribution in [-0.4, -0.2) is 39.9 Å². The quantitative estimate of drug-likeness (QED) is 0.646. The second-order valence-electron chi connectivity index (χ2n) is 6.61. The SMILES string of the molecule is Cc1cccc(NC(=O)CN(C)C(=O)c2c[nH]c(=S)n2-c2ccccc2)c1C. The summed E-state index contributed by atoms with van der Waals surface area (Å²) < 4.78 is 2.08. The van der Waals surface area contributed by atoms with Crippen molar-refractivity contribution in [1.82, 2.24) is 14.5 Å². The number of hydrogen-bond acceptors (Lipinski definition) is 3. The monoisotopic (exact) mass is 394 g/mol. The molecule has 0 atom stereocenters. The van der Waals surface area contributed by atoms with Crippen LogP contribution in [0.1, 0.15) is 21.6 Å². The van der Waals surface area contributed by atoms with Gasteiger partial charge in [0.2, 0.25) is 5.91 Å². The zero-order chi connectivity index (χ0) is 20.3. The molecular weight excluding hydrogens is 372 g/mol. The number of aromatic nitrogens is 2. The number of nitrogens with zero attached hydrogens (tertiary/aromatic N) is 2. The molecule has 28 heavy (non-hydrogen) atoms. The van der Waals surface area contributed by atoms with E-state index < -0.39 is 0 Å². The van der Waals surface area contributed by atoms with E-state index in [2.05, 4.69) is 10.3 Å². The Morgan fingerprint density at radius 3 is 2.54 bits per heavy atom. The molecule has 0 aliphatic rings. The largest absolute Gasteiger partial charge is 0.336 e. The fraction of sp³-hybridized carbons (Fsp3) is 0.190. The van der Waals surface area contributed by atoms with E-state index in [4.69, 9.17) is 12.2 Å². The van der Waals surface area contributed by atoms with Crippen molar-refractivity contribution in [3.63, 3.8) is 0 Å². The van der Waals surface area contributed by atoms with Gasteiger partial charge in [-0.05, 0) is 55.4 Å². The zero-order valence-electron chi connectivity index (χ0n) is 16.0. The average molecular weight is 395 g/mol. The summed E-state index contributed by atoms with van der Waals surface area (Å²) in [5.74, 6) is -0.558. The summed E-state index contributed by atoms with van der Waals surface area (Å²) in [4.78, 5) is 29.6. The molecule has 0 radical (unpaired) electrons. The average Bonchev–Trinajstić information content (AvgIpc) is 3.06. The molecule has 7 heteroatoms. The highest BCUT2D eigenvalue weighted by Gasteiger charge is 2.20. The Kier molecular flexibility index (Phi) is 5.75. The first-order chi connectivity index (χ1) is 13.4. The number of anilines is 1. The molecule has 0 aliphatic carbocycles. The topological polar surface area (TPSA) is 70.1 Å². The molecule has 0 fully saturated rings. The molecule has 2 amide bonds. The van der Waals surface area contributed by atoms with Crippen LogP contribution in [0.5, 0.6) is 0 Å². The minimum atomic E-state index is -0.299. The lowest BCUT2D eigenvalue weighted by Crippen LogP contribution is -2.36. The lowest BCUT2D eigenvalue weighted by molar-refractivity contribution is -0.116. The number of carbonyl (C=O) groups excluding carboxylic acids is 2. The van der Waals surface area contributed by atoms with Crippen LogP contribution >= 0.6 is 12.2 Å². The number of imidazole rings is 1. The Labute approximate surface area is 168 Å². The van der Waals surface area contributed by atoms with E-state index in [1.54, 1.807) is 17.8 Å². The van der Waals surface area contributed by atoms with E-state index in [0.717, 1.165) is 22.5 Å². The maximum Gasteiger partial charge on any atom is 0.272 e. The molecule has 2 aromatic carbocycles. The fourth-order valence-electron chi connectivity index (χ4n) is 2.92. The van der Waals surface area contributed by atoms with Gasteiger partial charge in [-0.1, -0.05) is 30.3 Å². The summed E-state index contributed by atoms with van der Waals surface area (Å²) in [6.45, 7) is 3.87. The Morgan fingerprint density at radius 2 is 1.82 bits per heavy atom. The number of rotatable bonds is 5. The molecule has 0 unspecified atom stereocenters. The summed E-state index contributed by atoms with van der Waals surface area (Å²) in [6, 6.07) is 15.1. The van der Waals surface area contributed by atoms with Gasteiger partial charge in [0.05, 0.1) is 6.54 Å². The van der Waals surface area contributed by atoms with Gasteiger partial charge in [-0.3, -0.25) is 14.2 Å². The second-order valence-corrected chi connectivity index (χ2v) is 6.99. The molecular formula is C21H22N4O2S. The molecule has 0 saturated carbocycles. The first-order valence-electron chi connectivity index (χ1n) is 8.86. The van der Waals surface area contributed by atoms with Gasteiger partial charge in [-0.2, -0.15) is 0 Å². The lowest BCUT2D eigenvalue weighted by Gasteiger charge is -2.18. The summed E-state index contributed by atoms with van der Waals surface area (Å²) >= 11 is 5.32. The van der Waals surface area contributed by atoms with Crippen LogP contribution in [0.3, 0.4) is 0 Å². The van der Waals surface area contributed by atoms with Crippen molar-refractivity contribution in [1.29, 1.82) is 0 Å². The number of amides is 2. The van der Waals surface area contributed by atoms with Crippen LogP contribution in [0.2, 0.25) is 0 Å². The van der Waals surface area contributed by atoms with Crippen molar-refractivity contribution in [2.75, 3.05) is 18.9 Å². The number of benzene rings is 2. The van der Waals surface area contributed by atoms with E-state index in [1.807, 2.05) is 62.4 Å². The van der Waals surface area contributed by atoms with Gasteiger partial charge in [-0.15, -0.1) is 0 Å². The molecule has 3 rings (SSSR count). The smallest absolute Gasteiger partial charge is 0.272 e. The summed E-state index contributed by atoms with van der Waals surface area (Å²) in [5.41, 5.74) is 4.01. The molecule has 0 saturated heterocycles. The highest BCUT2D eigenvalue weighted by molar-refractivity contribution is 7.71. The van der Waals surface area contributed by atoms with Gasteiger partial charge in [-0.25, -0.2) is 0 Å². The second kappa shape index (κ2) is 8.22. The van der Waals surface area contributed by atoms with E-state index in [-0.39, 0.29) is 18.4 Å². The maximum atomic E-state index is 12.9. The van der Waals surface area contributed by atoms with Crippen LogP contribution in [-0.2, 0) is 4.79 Å². The molecule has 3 aromatic rings. The standard InChI is InChI=1S/C21H22N4O2S/c1-14-8-7-11-17(15(14)2)23-19(26)13-24(3)20(27)18-12-22-21(28)25(18)16-9-5-4-6-10-16/h4-12H,13H2,1-3H3,(H,22,28)(H,23,26). The lowest BCUT2D eigenvalue weighted by atomic mass is 10.1. The van der Waals surface area contributed by atoms with Crippen LogP contribution in [0.4, 0.5) is 5.69 Å². The molecule has 0 aliphatic heterocycles. The Morgan fingerprint density at radius 1 is 1.11 bits per heavy atom. The van der Waals surface area contributed by atoms with Crippen LogP contribution in [0, 0.1) is 18.6 Å². The number of H-pyrrole nitrogens is 1. The predicted octanol–water partition coefficient (Wildman–Crippen LogP) is 3.86. The van der Waals surface area contributed by atoms with E-state index >= 15 is 0 Å².